The number of fused-ring (bicyclic) bond motifs is 1. The van der Waals surface area contributed by atoms with E-state index in [1.807, 2.05) is 31.2 Å². The second-order valence-corrected chi connectivity index (χ2v) is 3.35. The van der Waals surface area contributed by atoms with Gasteiger partial charge in [-0.1, -0.05) is 18.2 Å². The van der Waals surface area contributed by atoms with Gasteiger partial charge >= 0.3 is 0 Å². The molecule has 0 saturated heterocycles. The normalized spacial score (nSPS) is 10.6. The van der Waals surface area contributed by atoms with Gasteiger partial charge in [-0.3, -0.25) is 0 Å². The summed E-state index contributed by atoms with van der Waals surface area (Å²) in [5, 5.41) is 1.15. The van der Waals surface area contributed by atoms with E-state index in [0.29, 0.717) is 12.8 Å². The molecule has 1 aromatic heterocycles. The molecule has 72 valence electrons. The molecule has 2 nitrogen and oxygen atoms in total. The molecule has 0 unspecified atom stereocenters. The van der Waals surface area contributed by atoms with E-state index in [9.17, 15) is 4.79 Å². The fraction of sp³-hybridized carbons (Fsp3) is 0.250. The second-order valence-electron chi connectivity index (χ2n) is 3.35. The van der Waals surface area contributed by atoms with Crippen molar-refractivity contribution in [1.82, 2.24) is 0 Å². The van der Waals surface area contributed by atoms with Crippen LogP contribution >= 0.6 is 0 Å². The molecule has 0 atom stereocenters. The van der Waals surface area contributed by atoms with Crippen molar-refractivity contribution in [3.05, 3.63) is 35.6 Å². The number of carbonyl (C=O) groups is 1. The largest absolute Gasteiger partial charge is 0.461 e. The summed E-state index contributed by atoms with van der Waals surface area (Å²) in [5.41, 5.74) is 2.06. The molecule has 0 aliphatic heterocycles. The Hall–Kier alpha value is -1.57. The van der Waals surface area contributed by atoms with E-state index >= 15 is 0 Å². The smallest absolute Gasteiger partial charge is 0.134 e. The molecule has 1 heterocycles. The molecule has 2 aromatic rings. The van der Waals surface area contributed by atoms with Crippen molar-refractivity contribution < 1.29 is 9.21 Å². The third kappa shape index (κ3) is 1.43. The molecule has 1 aromatic carbocycles. The van der Waals surface area contributed by atoms with Crippen LogP contribution in [0, 0.1) is 6.92 Å². The van der Waals surface area contributed by atoms with Crippen LogP contribution < -0.4 is 0 Å². The minimum atomic E-state index is 0.528. The molecular weight excluding hydrogens is 176 g/mol. The molecular formula is C12H12O2. The van der Waals surface area contributed by atoms with Crippen LogP contribution in [0.2, 0.25) is 0 Å². The Morgan fingerprint density at radius 2 is 2.14 bits per heavy atom. The Balaban J connectivity index is 2.46. The van der Waals surface area contributed by atoms with Gasteiger partial charge in [0, 0.05) is 18.2 Å². The fourth-order valence-electron chi connectivity index (χ4n) is 1.65. The summed E-state index contributed by atoms with van der Waals surface area (Å²) >= 11 is 0. The standard InChI is InChI=1S/C12H12O2/c1-9-10-5-2-3-6-12(10)14-11(9)7-4-8-13/h2-3,5-6,8H,4,7H2,1H3. The van der Waals surface area contributed by atoms with Crippen LogP contribution in [0.15, 0.2) is 28.7 Å². The predicted octanol–water partition coefficient (Wildman–Crippen LogP) is 2.87. The van der Waals surface area contributed by atoms with E-state index in [4.69, 9.17) is 4.42 Å². The van der Waals surface area contributed by atoms with E-state index in [1.165, 1.54) is 0 Å². The van der Waals surface area contributed by atoms with Crippen molar-refractivity contribution in [2.24, 2.45) is 0 Å². The average molecular weight is 188 g/mol. The molecule has 2 heteroatoms. The Morgan fingerprint density at radius 1 is 1.36 bits per heavy atom. The van der Waals surface area contributed by atoms with Gasteiger partial charge in [-0.15, -0.1) is 0 Å². The van der Waals surface area contributed by atoms with Gasteiger partial charge in [0.05, 0.1) is 0 Å². The van der Waals surface area contributed by atoms with Crippen LogP contribution in [0.1, 0.15) is 17.7 Å². The number of rotatable bonds is 3. The van der Waals surface area contributed by atoms with Crippen LogP contribution in [0.4, 0.5) is 0 Å². The summed E-state index contributed by atoms with van der Waals surface area (Å²) < 4.78 is 5.64. The Morgan fingerprint density at radius 3 is 2.86 bits per heavy atom. The van der Waals surface area contributed by atoms with E-state index in [-0.39, 0.29) is 0 Å². The summed E-state index contributed by atoms with van der Waals surface area (Å²) in [5.74, 6) is 0.929. The van der Waals surface area contributed by atoms with Gasteiger partial charge in [0.25, 0.3) is 0 Å². The molecule has 2 rings (SSSR count). The lowest BCUT2D eigenvalue weighted by molar-refractivity contribution is -0.107. The second kappa shape index (κ2) is 3.66. The highest BCUT2D eigenvalue weighted by molar-refractivity contribution is 5.81. The summed E-state index contributed by atoms with van der Waals surface area (Å²) in [6, 6.07) is 7.94. The number of carbonyl (C=O) groups excluding carboxylic acids is 1. The number of aryl methyl sites for hydroxylation is 2. The van der Waals surface area contributed by atoms with Crippen LogP contribution in [0.3, 0.4) is 0 Å². The third-order valence-corrected chi connectivity index (χ3v) is 2.43. The number of furan rings is 1. The van der Waals surface area contributed by atoms with Crippen LogP contribution in [0.5, 0.6) is 0 Å². The molecule has 0 fully saturated rings. The molecule has 0 N–H and O–H groups in total. The monoisotopic (exact) mass is 188 g/mol. The Kier molecular flexibility index (Phi) is 2.35. The maximum atomic E-state index is 10.3. The SMILES string of the molecule is Cc1c(CCC=O)oc2ccccc12. The van der Waals surface area contributed by atoms with E-state index in [1.54, 1.807) is 0 Å². The van der Waals surface area contributed by atoms with E-state index < -0.39 is 0 Å². The number of hydrogen-bond donors (Lipinski definition) is 0. The van der Waals surface area contributed by atoms with Gasteiger partial charge in [-0.05, 0) is 18.6 Å². The molecule has 0 radical (unpaired) electrons. The van der Waals surface area contributed by atoms with Crippen molar-refractivity contribution in [2.45, 2.75) is 19.8 Å². The first-order chi connectivity index (χ1) is 6.83. The fourth-order valence-corrected chi connectivity index (χ4v) is 1.65. The molecule has 0 aliphatic rings. The maximum absolute atomic E-state index is 10.3. The highest BCUT2D eigenvalue weighted by atomic mass is 16.3. The van der Waals surface area contributed by atoms with E-state index in [2.05, 4.69) is 0 Å². The van der Waals surface area contributed by atoms with Crippen molar-refractivity contribution >= 4 is 17.3 Å². The lowest BCUT2D eigenvalue weighted by Gasteiger charge is -1.91. The third-order valence-electron chi connectivity index (χ3n) is 2.43. The topological polar surface area (TPSA) is 30.2 Å². The first-order valence-electron chi connectivity index (χ1n) is 4.73. The van der Waals surface area contributed by atoms with Crippen LogP contribution in [-0.2, 0) is 11.2 Å². The van der Waals surface area contributed by atoms with Crippen LogP contribution in [-0.4, -0.2) is 6.29 Å². The minimum Gasteiger partial charge on any atom is -0.461 e. The highest BCUT2D eigenvalue weighted by Gasteiger charge is 2.08. The zero-order chi connectivity index (χ0) is 9.97. The first kappa shape index (κ1) is 9.00. The van der Waals surface area contributed by atoms with Crippen molar-refractivity contribution in [3.8, 4) is 0 Å². The number of hydrogen-bond acceptors (Lipinski definition) is 2. The Bertz CT molecular complexity index is 454. The maximum Gasteiger partial charge on any atom is 0.134 e. The molecule has 0 amide bonds. The molecule has 0 spiro atoms. The summed E-state index contributed by atoms with van der Waals surface area (Å²) in [6.07, 6.45) is 2.15. The molecule has 0 aliphatic carbocycles. The van der Waals surface area contributed by atoms with Gasteiger partial charge in [-0.25, -0.2) is 0 Å². The average Bonchev–Trinajstić information content (AvgIpc) is 2.54. The van der Waals surface area contributed by atoms with Gasteiger partial charge < -0.3 is 9.21 Å². The minimum absolute atomic E-state index is 0.528. The van der Waals surface area contributed by atoms with Crippen molar-refractivity contribution in [3.63, 3.8) is 0 Å². The zero-order valence-corrected chi connectivity index (χ0v) is 8.12. The molecule has 0 saturated carbocycles. The zero-order valence-electron chi connectivity index (χ0n) is 8.12. The molecule has 0 bridgehead atoms. The molecule has 14 heavy (non-hydrogen) atoms. The predicted molar refractivity (Wildman–Crippen MR) is 55.3 cm³/mol. The van der Waals surface area contributed by atoms with Gasteiger partial charge in [0.2, 0.25) is 0 Å². The summed E-state index contributed by atoms with van der Waals surface area (Å²) in [7, 11) is 0. The quantitative estimate of drug-likeness (QED) is 0.693. The van der Waals surface area contributed by atoms with Crippen molar-refractivity contribution in [1.29, 1.82) is 0 Å². The number of aldehydes is 1. The highest BCUT2D eigenvalue weighted by Crippen LogP contribution is 2.25. The van der Waals surface area contributed by atoms with Gasteiger partial charge in [0.1, 0.15) is 17.6 Å². The lowest BCUT2D eigenvalue weighted by Crippen LogP contribution is -1.85. The van der Waals surface area contributed by atoms with Crippen LogP contribution in [0.25, 0.3) is 11.0 Å². The lowest BCUT2D eigenvalue weighted by atomic mass is 10.1. The number of benzene rings is 1. The summed E-state index contributed by atoms with van der Waals surface area (Å²) in [4.78, 5) is 10.3. The van der Waals surface area contributed by atoms with E-state index in [0.717, 1.165) is 28.6 Å². The number of para-hydroxylation sites is 1. The van der Waals surface area contributed by atoms with Gasteiger partial charge in [0.15, 0.2) is 0 Å². The Labute approximate surface area is 82.5 Å². The first-order valence-corrected chi connectivity index (χ1v) is 4.73. The van der Waals surface area contributed by atoms with Crippen molar-refractivity contribution in [2.75, 3.05) is 0 Å². The summed E-state index contributed by atoms with van der Waals surface area (Å²) in [6.45, 7) is 2.03. The van der Waals surface area contributed by atoms with Gasteiger partial charge in [-0.2, -0.15) is 0 Å².